The molecular weight excluding hydrogens is 310 g/mol. The molecular formula is C16H17N5O3. The molecule has 8 heteroatoms. The van der Waals surface area contributed by atoms with Crippen LogP contribution in [0.5, 0.6) is 0 Å². The zero-order valence-electron chi connectivity index (χ0n) is 12.8. The van der Waals surface area contributed by atoms with Crippen molar-refractivity contribution in [1.82, 2.24) is 19.5 Å². The first kappa shape index (κ1) is 15.0. The van der Waals surface area contributed by atoms with Crippen LogP contribution in [-0.2, 0) is 11.3 Å². The molecule has 3 N–H and O–H groups in total. The van der Waals surface area contributed by atoms with E-state index in [4.69, 9.17) is 4.74 Å². The Bertz CT molecular complexity index is 828. The molecule has 4 rings (SSSR count). The molecule has 0 amide bonds. The maximum Gasteiger partial charge on any atom is 0.183 e. The Morgan fingerprint density at radius 1 is 1.17 bits per heavy atom. The second kappa shape index (κ2) is 6.16. The molecule has 0 radical (unpaired) electrons. The van der Waals surface area contributed by atoms with Gasteiger partial charge in [-0.3, -0.25) is 4.57 Å². The topological polar surface area (TPSA) is 105 Å². The summed E-state index contributed by atoms with van der Waals surface area (Å²) >= 11 is 0. The summed E-state index contributed by atoms with van der Waals surface area (Å²) in [6.45, 7) is 0.622. The van der Waals surface area contributed by atoms with Crippen molar-refractivity contribution >= 4 is 17.0 Å². The van der Waals surface area contributed by atoms with Gasteiger partial charge in [0, 0.05) is 13.0 Å². The van der Waals surface area contributed by atoms with Crippen LogP contribution in [0.2, 0.25) is 0 Å². The van der Waals surface area contributed by atoms with E-state index in [1.54, 1.807) is 10.9 Å². The van der Waals surface area contributed by atoms with E-state index in [0.29, 0.717) is 23.5 Å². The molecule has 3 aromatic rings. The van der Waals surface area contributed by atoms with Crippen LogP contribution in [0.3, 0.4) is 0 Å². The molecule has 1 aliphatic rings. The van der Waals surface area contributed by atoms with Crippen LogP contribution in [0, 0.1) is 0 Å². The maximum absolute atomic E-state index is 9.65. The molecule has 0 bridgehead atoms. The third-order valence-electron chi connectivity index (χ3n) is 4.04. The zero-order valence-corrected chi connectivity index (χ0v) is 12.8. The van der Waals surface area contributed by atoms with Gasteiger partial charge in [0.15, 0.2) is 23.3 Å². The van der Waals surface area contributed by atoms with Gasteiger partial charge in [0.05, 0.1) is 6.33 Å². The Hall–Kier alpha value is -2.55. The SMILES string of the molecule is O[C@@H]1CC(n2cnc3c(NCc4ccccc4)ncnc32)O[C@@H]1O. The molecule has 3 heterocycles. The van der Waals surface area contributed by atoms with E-state index in [2.05, 4.69) is 20.3 Å². The number of nitrogens with one attached hydrogen (secondary N) is 1. The number of hydrogen-bond acceptors (Lipinski definition) is 7. The van der Waals surface area contributed by atoms with E-state index in [0.717, 1.165) is 5.56 Å². The summed E-state index contributed by atoms with van der Waals surface area (Å²) in [7, 11) is 0. The second-order valence-corrected chi connectivity index (χ2v) is 5.67. The third kappa shape index (κ3) is 2.71. The highest BCUT2D eigenvalue weighted by atomic mass is 16.6. The number of benzene rings is 1. The first-order valence-corrected chi connectivity index (χ1v) is 7.69. The van der Waals surface area contributed by atoms with Crippen LogP contribution in [0.15, 0.2) is 43.0 Å². The summed E-state index contributed by atoms with van der Waals surface area (Å²) in [6, 6.07) is 9.99. The molecule has 0 aliphatic carbocycles. The number of aromatic nitrogens is 4. The van der Waals surface area contributed by atoms with E-state index < -0.39 is 18.6 Å². The van der Waals surface area contributed by atoms with Gasteiger partial charge in [-0.25, -0.2) is 15.0 Å². The molecule has 1 aliphatic heterocycles. The summed E-state index contributed by atoms with van der Waals surface area (Å²) in [4.78, 5) is 12.9. The lowest BCUT2D eigenvalue weighted by atomic mass is 10.2. The average molecular weight is 327 g/mol. The van der Waals surface area contributed by atoms with Crippen molar-refractivity contribution in [2.75, 3.05) is 5.32 Å². The fraction of sp³-hybridized carbons (Fsp3) is 0.312. The molecule has 8 nitrogen and oxygen atoms in total. The lowest BCUT2D eigenvalue weighted by Crippen LogP contribution is -2.19. The van der Waals surface area contributed by atoms with Crippen LogP contribution in [0.25, 0.3) is 11.2 Å². The highest BCUT2D eigenvalue weighted by Crippen LogP contribution is 2.30. The normalized spacial score (nSPS) is 23.7. The highest BCUT2D eigenvalue weighted by molar-refractivity contribution is 5.82. The van der Waals surface area contributed by atoms with Crippen LogP contribution in [-0.4, -0.2) is 42.1 Å². The maximum atomic E-state index is 9.65. The minimum atomic E-state index is -1.19. The molecule has 1 unspecified atom stereocenters. The number of fused-ring (bicyclic) bond motifs is 1. The van der Waals surface area contributed by atoms with Gasteiger partial charge < -0.3 is 20.3 Å². The molecule has 1 aromatic carbocycles. The van der Waals surface area contributed by atoms with E-state index in [9.17, 15) is 10.2 Å². The summed E-state index contributed by atoms with van der Waals surface area (Å²) in [5.41, 5.74) is 2.34. The second-order valence-electron chi connectivity index (χ2n) is 5.67. The van der Waals surface area contributed by atoms with Crippen molar-refractivity contribution in [2.45, 2.75) is 31.6 Å². The van der Waals surface area contributed by atoms with Gasteiger partial charge in [-0.2, -0.15) is 0 Å². The van der Waals surface area contributed by atoms with Gasteiger partial charge in [0.25, 0.3) is 0 Å². The van der Waals surface area contributed by atoms with E-state index >= 15 is 0 Å². The fourth-order valence-corrected chi connectivity index (χ4v) is 2.78. The van der Waals surface area contributed by atoms with Gasteiger partial charge in [-0.15, -0.1) is 0 Å². The minimum absolute atomic E-state index is 0.281. The lowest BCUT2D eigenvalue weighted by molar-refractivity contribution is -0.140. The number of aliphatic hydroxyl groups is 2. The Balaban J connectivity index is 1.60. The third-order valence-corrected chi connectivity index (χ3v) is 4.04. The van der Waals surface area contributed by atoms with Crippen molar-refractivity contribution in [3.05, 3.63) is 48.5 Å². The predicted molar refractivity (Wildman–Crippen MR) is 85.8 cm³/mol. The average Bonchev–Trinajstić information content (AvgIpc) is 3.18. The van der Waals surface area contributed by atoms with Crippen LogP contribution in [0.1, 0.15) is 18.2 Å². The Morgan fingerprint density at radius 3 is 2.75 bits per heavy atom. The number of nitrogens with zero attached hydrogens (tertiary/aromatic N) is 4. The number of anilines is 1. The Labute approximate surface area is 137 Å². The number of hydrogen-bond donors (Lipinski definition) is 3. The monoisotopic (exact) mass is 327 g/mol. The van der Waals surface area contributed by atoms with E-state index in [1.165, 1.54) is 6.33 Å². The highest BCUT2D eigenvalue weighted by Gasteiger charge is 2.34. The van der Waals surface area contributed by atoms with E-state index in [1.807, 2.05) is 30.3 Å². The summed E-state index contributed by atoms with van der Waals surface area (Å²) in [5.74, 6) is 0.627. The van der Waals surface area contributed by atoms with E-state index in [-0.39, 0.29) is 6.42 Å². The Morgan fingerprint density at radius 2 is 2.00 bits per heavy atom. The molecule has 3 atom stereocenters. The number of imidazole rings is 1. The molecule has 2 aromatic heterocycles. The van der Waals surface area contributed by atoms with Crippen molar-refractivity contribution < 1.29 is 14.9 Å². The largest absolute Gasteiger partial charge is 0.388 e. The molecule has 1 fully saturated rings. The zero-order chi connectivity index (χ0) is 16.5. The summed E-state index contributed by atoms with van der Waals surface area (Å²) in [6.07, 6.45) is 0.716. The number of ether oxygens (including phenoxy) is 1. The molecule has 24 heavy (non-hydrogen) atoms. The van der Waals surface area contributed by atoms with Gasteiger partial charge in [-0.05, 0) is 5.56 Å². The first-order valence-electron chi connectivity index (χ1n) is 7.69. The van der Waals surface area contributed by atoms with Gasteiger partial charge in [-0.1, -0.05) is 30.3 Å². The van der Waals surface area contributed by atoms with Gasteiger partial charge in [0.1, 0.15) is 18.7 Å². The Kier molecular flexibility index (Phi) is 3.85. The van der Waals surface area contributed by atoms with Crippen LogP contribution in [0.4, 0.5) is 5.82 Å². The number of rotatable bonds is 4. The quantitative estimate of drug-likeness (QED) is 0.657. The fourth-order valence-electron chi connectivity index (χ4n) is 2.78. The number of aliphatic hydroxyl groups excluding tert-OH is 2. The van der Waals surface area contributed by atoms with Gasteiger partial charge >= 0.3 is 0 Å². The van der Waals surface area contributed by atoms with Crippen molar-refractivity contribution in [3.8, 4) is 0 Å². The minimum Gasteiger partial charge on any atom is -0.388 e. The molecule has 124 valence electrons. The predicted octanol–water partition coefficient (Wildman–Crippen LogP) is 1.04. The smallest absolute Gasteiger partial charge is 0.183 e. The van der Waals surface area contributed by atoms with Crippen molar-refractivity contribution in [3.63, 3.8) is 0 Å². The summed E-state index contributed by atoms with van der Waals surface area (Å²) in [5, 5.41) is 22.5. The standard InChI is InChI=1S/C16H17N5O3/c22-11-6-12(24-16(11)23)21-9-20-13-14(18-8-19-15(13)21)17-7-10-4-2-1-3-5-10/h1-5,8-9,11-12,16,22-23H,6-7H2,(H,17,18,19)/t11-,12?,16+/m1/s1. The van der Waals surface area contributed by atoms with Gasteiger partial charge in [0.2, 0.25) is 0 Å². The van der Waals surface area contributed by atoms with Crippen LogP contribution < -0.4 is 5.32 Å². The lowest BCUT2D eigenvalue weighted by Gasteiger charge is -2.12. The summed E-state index contributed by atoms with van der Waals surface area (Å²) < 4.78 is 7.04. The van der Waals surface area contributed by atoms with Crippen LogP contribution >= 0.6 is 0 Å². The molecule has 1 saturated heterocycles. The van der Waals surface area contributed by atoms with Crippen molar-refractivity contribution in [2.24, 2.45) is 0 Å². The molecule has 0 spiro atoms. The van der Waals surface area contributed by atoms with Crippen molar-refractivity contribution in [1.29, 1.82) is 0 Å². The molecule has 0 saturated carbocycles. The first-order chi connectivity index (χ1) is 11.7.